The number of benzene rings is 1. The second-order valence-corrected chi connectivity index (χ2v) is 2.76. The first kappa shape index (κ1) is 13.1. The molecule has 0 unspecified atom stereocenters. The summed E-state index contributed by atoms with van der Waals surface area (Å²) in [5, 5.41) is 24.3. The molecule has 3 N–H and O–H groups in total. The predicted octanol–water partition coefficient (Wildman–Crippen LogP) is 0.582. The van der Waals surface area contributed by atoms with Gasteiger partial charge in [-0.3, -0.25) is 0 Å². The third-order valence-corrected chi connectivity index (χ3v) is 1.56. The van der Waals surface area contributed by atoms with Crippen molar-refractivity contribution in [1.29, 1.82) is 0 Å². The highest BCUT2D eigenvalue weighted by Gasteiger charge is 1.85. The van der Waals surface area contributed by atoms with E-state index in [-0.39, 0.29) is 19.8 Å². The van der Waals surface area contributed by atoms with Gasteiger partial charge in [0.15, 0.2) is 0 Å². The van der Waals surface area contributed by atoms with Crippen molar-refractivity contribution in [3.05, 3.63) is 35.9 Å². The Kier molecular flexibility index (Phi) is 9.53. The van der Waals surface area contributed by atoms with E-state index in [0.29, 0.717) is 6.42 Å². The van der Waals surface area contributed by atoms with Crippen LogP contribution < -0.4 is 0 Å². The first-order valence-corrected chi connectivity index (χ1v) is 4.71. The van der Waals surface area contributed by atoms with Gasteiger partial charge in [-0.15, -0.1) is 0 Å². The minimum atomic E-state index is 0.0938. The molecule has 0 saturated carbocycles. The molecule has 1 aromatic rings. The summed E-state index contributed by atoms with van der Waals surface area (Å²) in [6.07, 6.45) is 1.26. The van der Waals surface area contributed by atoms with E-state index in [2.05, 4.69) is 0 Å². The third kappa shape index (κ3) is 7.73. The largest absolute Gasteiger partial charge is 0.396 e. The molecule has 0 bridgehead atoms. The molecule has 0 saturated heterocycles. The highest BCUT2D eigenvalue weighted by molar-refractivity contribution is 5.14. The van der Waals surface area contributed by atoms with Crippen LogP contribution in [-0.2, 0) is 6.42 Å². The molecule has 3 nitrogen and oxygen atoms in total. The molecule has 1 rings (SSSR count). The van der Waals surface area contributed by atoms with E-state index in [1.54, 1.807) is 0 Å². The molecular formula is C11H18O3. The summed E-state index contributed by atoms with van der Waals surface area (Å²) in [7, 11) is 0. The number of rotatable bonds is 4. The lowest BCUT2D eigenvalue weighted by molar-refractivity contribution is 0.221. The van der Waals surface area contributed by atoms with Crippen LogP contribution in [0.4, 0.5) is 0 Å². The molecule has 3 heteroatoms. The van der Waals surface area contributed by atoms with Crippen LogP contribution in [0.2, 0.25) is 0 Å². The molecule has 0 aliphatic carbocycles. The molecule has 80 valence electrons. The average Bonchev–Trinajstić information content (AvgIpc) is 2.22. The second kappa shape index (κ2) is 10.2. The van der Waals surface area contributed by atoms with Crippen LogP contribution in [0.1, 0.15) is 12.0 Å². The fraction of sp³-hybridized carbons (Fsp3) is 0.455. The number of aliphatic hydroxyl groups excluding tert-OH is 3. The van der Waals surface area contributed by atoms with Gasteiger partial charge in [0.1, 0.15) is 0 Å². The Bertz CT molecular complexity index is 197. The lowest BCUT2D eigenvalue weighted by atomic mass is 10.2. The molecule has 0 fully saturated rings. The van der Waals surface area contributed by atoms with E-state index < -0.39 is 0 Å². The van der Waals surface area contributed by atoms with Gasteiger partial charge in [-0.1, -0.05) is 30.3 Å². The van der Waals surface area contributed by atoms with Crippen LogP contribution in [-0.4, -0.2) is 35.1 Å². The molecular weight excluding hydrogens is 180 g/mol. The fourth-order valence-electron chi connectivity index (χ4n) is 0.844. The molecule has 0 heterocycles. The Morgan fingerprint density at radius 3 is 1.71 bits per heavy atom. The van der Waals surface area contributed by atoms with Crippen molar-refractivity contribution in [2.75, 3.05) is 19.8 Å². The van der Waals surface area contributed by atoms with Crippen LogP contribution in [0, 0.1) is 0 Å². The lowest BCUT2D eigenvalue weighted by Crippen LogP contribution is -1.88. The molecule has 0 amide bonds. The number of aliphatic hydroxyl groups is 3. The van der Waals surface area contributed by atoms with Gasteiger partial charge in [-0.25, -0.2) is 0 Å². The van der Waals surface area contributed by atoms with Gasteiger partial charge in [0, 0.05) is 19.8 Å². The fourth-order valence-corrected chi connectivity index (χ4v) is 0.844. The van der Waals surface area contributed by atoms with Gasteiger partial charge in [0.25, 0.3) is 0 Å². The molecule has 0 radical (unpaired) electrons. The van der Waals surface area contributed by atoms with Crippen LogP contribution in [0.25, 0.3) is 0 Å². The predicted molar refractivity (Wildman–Crippen MR) is 56.0 cm³/mol. The molecule has 1 aromatic carbocycles. The molecule has 0 aromatic heterocycles. The van der Waals surface area contributed by atoms with E-state index in [4.69, 9.17) is 15.3 Å². The minimum Gasteiger partial charge on any atom is -0.396 e. The first-order valence-electron chi connectivity index (χ1n) is 4.71. The van der Waals surface area contributed by atoms with Gasteiger partial charge >= 0.3 is 0 Å². The van der Waals surface area contributed by atoms with Crippen molar-refractivity contribution in [3.63, 3.8) is 0 Å². The Hall–Kier alpha value is -0.900. The third-order valence-electron chi connectivity index (χ3n) is 1.56. The minimum absolute atomic E-state index is 0.0938. The second-order valence-electron chi connectivity index (χ2n) is 2.76. The lowest BCUT2D eigenvalue weighted by Gasteiger charge is -1.93. The zero-order valence-corrected chi connectivity index (χ0v) is 8.26. The molecule has 0 spiro atoms. The maximum atomic E-state index is 8.52. The summed E-state index contributed by atoms with van der Waals surface area (Å²) in [5.74, 6) is 0. The summed E-state index contributed by atoms with van der Waals surface area (Å²) in [6.45, 7) is 0.428. The molecule has 0 aliphatic heterocycles. The normalized spacial score (nSPS) is 9.07. The SMILES string of the molecule is OCCCO.OCCc1ccccc1. The topological polar surface area (TPSA) is 60.7 Å². The molecule has 0 atom stereocenters. The summed E-state index contributed by atoms with van der Waals surface area (Å²) >= 11 is 0. The van der Waals surface area contributed by atoms with Crippen molar-refractivity contribution < 1.29 is 15.3 Å². The highest BCUT2D eigenvalue weighted by Crippen LogP contribution is 1.97. The Morgan fingerprint density at radius 1 is 0.786 bits per heavy atom. The zero-order valence-electron chi connectivity index (χ0n) is 8.26. The molecule has 0 aliphatic rings. The average molecular weight is 198 g/mol. The van der Waals surface area contributed by atoms with Crippen LogP contribution >= 0.6 is 0 Å². The first-order chi connectivity index (χ1) is 6.85. The van der Waals surface area contributed by atoms with Gasteiger partial charge in [0.2, 0.25) is 0 Å². The van der Waals surface area contributed by atoms with E-state index in [9.17, 15) is 0 Å². The summed E-state index contributed by atoms with van der Waals surface area (Å²) in [4.78, 5) is 0. The van der Waals surface area contributed by atoms with E-state index in [1.807, 2.05) is 30.3 Å². The van der Waals surface area contributed by atoms with Crippen molar-refractivity contribution >= 4 is 0 Å². The summed E-state index contributed by atoms with van der Waals surface area (Å²) in [6, 6.07) is 9.95. The van der Waals surface area contributed by atoms with Crippen LogP contribution in [0.5, 0.6) is 0 Å². The van der Waals surface area contributed by atoms with Gasteiger partial charge < -0.3 is 15.3 Å². The van der Waals surface area contributed by atoms with Gasteiger partial charge in [0.05, 0.1) is 0 Å². The number of hydrogen-bond acceptors (Lipinski definition) is 3. The van der Waals surface area contributed by atoms with Gasteiger partial charge in [-0.2, -0.15) is 0 Å². The summed E-state index contributed by atoms with van der Waals surface area (Å²) < 4.78 is 0. The van der Waals surface area contributed by atoms with Crippen molar-refractivity contribution in [3.8, 4) is 0 Å². The quantitative estimate of drug-likeness (QED) is 0.663. The van der Waals surface area contributed by atoms with Crippen LogP contribution in [0.15, 0.2) is 30.3 Å². The van der Waals surface area contributed by atoms with Crippen LogP contribution in [0.3, 0.4) is 0 Å². The van der Waals surface area contributed by atoms with E-state index >= 15 is 0 Å². The van der Waals surface area contributed by atoms with Gasteiger partial charge in [-0.05, 0) is 18.4 Å². The monoisotopic (exact) mass is 198 g/mol. The maximum absolute atomic E-state index is 8.52. The zero-order chi connectivity index (χ0) is 10.6. The standard InChI is InChI=1S/C8H10O.C3H8O2/c9-7-6-8-4-2-1-3-5-8;4-2-1-3-5/h1-5,9H,6-7H2;4-5H,1-3H2. The van der Waals surface area contributed by atoms with E-state index in [0.717, 1.165) is 6.42 Å². The van der Waals surface area contributed by atoms with E-state index in [1.165, 1.54) is 5.56 Å². The Morgan fingerprint density at radius 2 is 1.36 bits per heavy atom. The number of hydrogen-bond donors (Lipinski definition) is 3. The molecule has 14 heavy (non-hydrogen) atoms. The van der Waals surface area contributed by atoms with Crippen molar-refractivity contribution in [2.24, 2.45) is 0 Å². The summed E-state index contributed by atoms with van der Waals surface area (Å²) in [5.41, 5.74) is 1.19. The van der Waals surface area contributed by atoms with Crippen molar-refractivity contribution in [1.82, 2.24) is 0 Å². The Labute approximate surface area is 84.6 Å². The highest BCUT2D eigenvalue weighted by atomic mass is 16.3. The van der Waals surface area contributed by atoms with Crippen molar-refractivity contribution in [2.45, 2.75) is 12.8 Å². The Balaban J connectivity index is 0.000000292. The smallest absolute Gasteiger partial charge is 0.0471 e. The maximum Gasteiger partial charge on any atom is 0.0471 e.